The first kappa shape index (κ1) is 13.8. The molecule has 0 aromatic heterocycles. The van der Waals surface area contributed by atoms with Crippen molar-refractivity contribution < 1.29 is 9.53 Å². The first-order chi connectivity index (χ1) is 7.73. The molecule has 96 valence electrons. The molecule has 1 fully saturated rings. The smallest absolute Gasteiger partial charge is 0.411 e. The van der Waals surface area contributed by atoms with Crippen LogP contribution in [-0.2, 0) is 4.74 Å². The van der Waals surface area contributed by atoms with E-state index in [4.69, 9.17) is 4.74 Å². The fourth-order valence-corrected chi connectivity index (χ4v) is 2.26. The molecule has 0 saturated carbocycles. The fraction of sp³-hybridized carbons (Fsp3) is 0.846. The van der Waals surface area contributed by atoms with E-state index >= 15 is 0 Å². The number of carbonyl (C=O) groups is 1. The van der Waals surface area contributed by atoms with Crippen molar-refractivity contribution >= 4 is 6.09 Å². The highest BCUT2D eigenvalue weighted by Crippen LogP contribution is 2.36. The van der Waals surface area contributed by atoms with E-state index in [1.54, 1.807) is 4.90 Å². The Morgan fingerprint density at radius 3 is 2.47 bits per heavy atom. The molecule has 1 aliphatic rings. The van der Waals surface area contributed by atoms with Crippen LogP contribution in [0.5, 0.6) is 0 Å². The molecule has 1 rings (SSSR count). The number of nitriles is 1. The van der Waals surface area contributed by atoms with Crippen molar-refractivity contribution in [1.82, 2.24) is 4.90 Å². The van der Waals surface area contributed by atoms with Crippen LogP contribution in [0.3, 0.4) is 0 Å². The molecule has 0 radical (unpaired) electrons. The number of nitrogens with zero attached hydrogens (tertiary/aromatic N) is 2. The Balaban J connectivity index is 2.90. The number of amides is 1. The van der Waals surface area contributed by atoms with E-state index in [-0.39, 0.29) is 12.0 Å². The van der Waals surface area contributed by atoms with Crippen molar-refractivity contribution in [2.75, 3.05) is 6.54 Å². The van der Waals surface area contributed by atoms with Gasteiger partial charge < -0.3 is 4.74 Å². The van der Waals surface area contributed by atoms with Crippen LogP contribution in [0.25, 0.3) is 0 Å². The number of likely N-dealkylation sites (tertiary alicyclic amines) is 1. The highest BCUT2D eigenvalue weighted by molar-refractivity contribution is 5.70. The molecule has 4 nitrogen and oxygen atoms in total. The van der Waals surface area contributed by atoms with Gasteiger partial charge in [0.25, 0.3) is 0 Å². The van der Waals surface area contributed by atoms with Crippen molar-refractivity contribution in [2.24, 2.45) is 5.92 Å². The van der Waals surface area contributed by atoms with Crippen LogP contribution >= 0.6 is 0 Å². The average molecular weight is 238 g/mol. The Labute approximate surface area is 104 Å². The molecule has 1 saturated heterocycles. The van der Waals surface area contributed by atoms with E-state index in [9.17, 15) is 10.1 Å². The minimum absolute atomic E-state index is 0.113. The lowest BCUT2D eigenvalue weighted by molar-refractivity contribution is 0.00953. The molecule has 1 amide bonds. The zero-order valence-electron chi connectivity index (χ0n) is 11.4. The van der Waals surface area contributed by atoms with E-state index < -0.39 is 11.1 Å². The third-order valence-corrected chi connectivity index (χ3v) is 3.18. The maximum Gasteiger partial charge on any atom is 0.411 e. The Hall–Kier alpha value is -1.24. The minimum Gasteiger partial charge on any atom is -0.444 e. The summed E-state index contributed by atoms with van der Waals surface area (Å²) in [5.74, 6) is 0.113. The van der Waals surface area contributed by atoms with Crippen LogP contribution in [-0.4, -0.2) is 28.7 Å². The summed E-state index contributed by atoms with van der Waals surface area (Å²) in [7, 11) is 0. The first-order valence-corrected chi connectivity index (χ1v) is 6.15. The quantitative estimate of drug-likeness (QED) is 0.705. The van der Waals surface area contributed by atoms with Gasteiger partial charge in [0.15, 0.2) is 0 Å². The van der Waals surface area contributed by atoms with Crippen LogP contribution in [0.15, 0.2) is 0 Å². The van der Waals surface area contributed by atoms with E-state index in [2.05, 4.69) is 6.07 Å². The van der Waals surface area contributed by atoms with Gasteiger partial charge in [0.1, 0.15) is 11.1 Å². The van der Waals surface area contributed by atoms with Gasteiger partial charge >= 0.3 is 6.09 Å². The van der Waals surface area contributed by atoms with E-state index in [0.29, 0.717) is 6.54 Å². The second kappa shape index (κ2) is 4.56. The molecular weight excluding hydrogens is 216 g/mol. The Morgan fingerprint density at radius 1 is 1.47 bits per heavy atom. The summed E-state index contributed by atoms with van der Waals surface area (Å²) in [6.45, 7) is 10.1. The summed E-state index contributed by atoms with van der Waals surface area (Å²) in [5, 5.41) is 9.41. The van der Waals surface area contributed by atoms with Crippen molar-refractivity contribution in [3.63, 3.8) is 0 Å². The van der Waals surface area contributed by atoms with E-state index in [1.807, 2.05) is 34.6 Å². The first-order valence-electron chi connectivity index (χ1n) is 6.15. The maximum atomic E-state index is 12.1. The fourth-order valence-electron chi connectivity index (χ4n) is 2.26. The molecule has 0 N–H and O–H groups in total. The van der Waals surface area contributed by atoms with E-state index in [1.165, 1.54) is 0 Å². The molecule has 1 unspecified atom stereocenters. The van der Waals surface area contributed by atoms with Gasteiger partial charge in [0.05, 0.1) is 6.07 Å². The van der Waals surface area contributed by atoms with Gasteiger partial charge in [-0.2, -0.15) is 5.26 Å². The molecule has 17 heavy (non-hydrogen) atoms. The number of rotatable bonds is 1. The molecule has 0 aromatic carbocycles. The maximum absolute atomic E-state index is 12.1. The highest BCUT2D eigenvalue weighted by atomic mass is 16.6. The average Bonchev–Trinajstić information content (AvgIpc) is 2.59. The van der Waals surface area contributed by atoms with Crippen molar-refractivity contribution in [3.8, 4) is 6.07 Å². The zero-order valence-corrected chi connectivity index (χ0v) is 11.4. The summed E-state index contributed by atoms with van der Waals surface area (Å²) < 4.78 is 5.36. The lowest BCUT2D eigenvalue weighted by atomic mass is 9.85. The van der Waals surface area contributed by atoms with Crippen LogP contribution in [0.2, 0.25) is 0 Å². The minimum atomic E-state index is -0.692. The molecule has 4 heteroatoms. The molecular formula is C13H22N2O2. The highest BCUT2D eigenvalue weighted by Gasteiger charge is 2.47. The van der Waals surface area contributed by atoms with E-state index in [0.717, 1.165) is 12.8 Å². The number of ether oxygens (including phenoxy) is 1. The number of hydrogen-bond acceptors (Lipinski definition) is 3. The molecule has 1 atom stereocenters. The number of hydrogen-bond donors (Lipinski definition) is 0. The van der Waals surface area contributed by atoms with Gasteiger partial charge in [-0.15, -0.1) is 0 Å². The van der Waals surface area contributed by atoms with Crippen molar-refractivity contribution in [2.45, 2.75) is 58.6 Å². The largest absolute Gasteiger partial charge is 0.444 e. The summed E-state index contributed by atoms with van der Waals surface area (Å²) in [5.41, 5.74) is -1.21. The normalized spacial score (nSPS) is 24.9. The molecule has 0 aliphatic carbocycles. The SMILES string of the molecule is CC(C)C1(C#N)CCCN1C(=O)OC(C)(C)C. The monoisotopic (exact) mass is 238 g/mol. The molecule has 0 aromatic rings. The topological polar surface area (TPSA) is 53.3 Å². The lowest BCUT2D eigenvalue weighted by Crippen LogP contribution is -2.51. The van der Waals surface area contributed by atoms with Crippen LogP contribution in [0, 0.1) is 17.2 Å². The summed E-state index contributed by atoms with van der Waals surface area (Å²) in [6.07, 6.45) is 1.23. The predicted octanol–water partition coefficient (Wildman–Crippen LogP) is 2.94. The molecule has 0 bridgehead atoms. The Kier molecular flexibility index (Phi) is 3.71. The van der Waals surface area contributed by atoms with Crippen molar-refractivity contribution in [3.05, 3.63) is 0 Å². The second-order valence-electron chi connectivity index (χ2n) is 5.93. The molecule has 0 spiro atoms. The van der Waals surface area contributed by atoms with Crippen LogP contribution < -0.4 is 0 Å². The van der Waals surface area contributed by atoms with Gasteiger partial charge in [0.2, 0.25) is 0 Å². The Morgan fingerprint density at radius 2 is 2.06 bits per heavy atom. The van der Waals surface area contributed by atoms with Gasteiger partial charge in [-0.3, -0.25) is 4.90 Å². The Bertz CT molecular complexity index is 338. The lowest BCUT2D eigenvalue weighted by Gasteiger charge is -2.36. The summed E-state index contributed by atoms with van der Waals surface area (Å²) >= 11 is 0. The van der Waals surface area contributed by atoms with Gasteiger partial charge in [-0.05, 0) is 39.5 Å². The number of carbonyl (C=O) groups excluding carboxylic acids is 1. The summed E-state index contributed by atoms with van der Waals surface area (Å²) in [4.78, 5) is 13.7. The molecule has 1 aliphatic heterocycles. The zero-order chi connectivity index (χ0) is 13.3. The van der Waals surface area contributed by atoms with Crippen LogP contribution in [0.1, 0.15) is 47.5 Å². The third kappa shape index (κ3) is 2.71. The third-order valence-electron chi connectivity index (χ3n) is 3.18. The van der Waals surface area contributed by atoms with Crippen LogP contribution in [0.4, 0.5) is 4.79 Å². The van der Waals surface area contributed by atoms with Crippen molar-refractivity contribution in [1.29, 1.82) is 5.26 Å². The van der Waals surface area contributed by atoms with Gasteiger partial charge in [-0.1, -0.05) is 13.8 Å². The standard InChI is InChI=1S/C13H22N2O2/c1-10(2)13(9-14)7-6-8-15(13)11(16)17-12(3,4)5/h10H,6-8H2,1-5H3. The summed E-state index contributed by atoms with van der Waals surface area (Å²) in [6, 6.07) is 2.32. The van der Waals surface area contributed by atoms with Gasteiger partial charge in [-0.25, -0.2) is 4.79 Å². The molecule has 1 heterocycles. The second-order valence-corrected chi connectivity index (χ2v) is 5.93. The van der Waals surface area contributed by atoms with Gasteiger partial charge in [0, 0.05) is 6.54 Å². The predicted molar refractivity (Wildman–Crippen MR) is 65.4 cm³/mol.